The summed E-state index contributed by atoms with van der Waals surface area (Å²) in [6.45, 7) is 6.65. The minimum Gasteiger partial charge on any atom is -0.462 e. The molecule has 0 aromatic carbocycles. The maximum atomic E-state index is 12.9. The summed E-state index contributed by atoms with van der Waals surface area (Å²) in [5, 5.41) is 0. The summed E-state index contributed by atoms with van der Waals surface area (Å²) in [6.07, 6.45) is 79.8. The number of hydrogen-bond acceptors (Lipinski definition) is 6. The largest absolute Gasteiger partial charge is 0.462 e. The third-order valence-electron chi connectivity index (χ3n) is 14.8. The Kier molecular flexibility index (Phi) is 61.7. The van der Waals surface area contributed by atoms with Gasteiger partial charge in [-0.15, -0.1) is 0 Å². The second-order valence-corrected chi connectivity index (χ2v) is 22.4. The molecule has 0 aromatic rings. The van der Waals surface area contributed by atoms with Crippen molar-refractivity contribution in [1.82, 2.24) is 0 Å². The van der Waals surface area contributed by atoms with Crippen molar-refractivity contribution in [3.8, 4) is 0 Å². The number of carbonyl (C=O) groups excluding carboxylic acids is 3. The van der Waals surface area contributed by atoms with Gasteiger partial charge in [0.15, 0.2) is 6.10 Å². The first-order valence-corrected chi connectivity index (χ1v) is 33.1. The van der Waals surface area contributed by atoms with Crippen LogP contribution in [0.5, 0.6) is 0 Å². The zero-order valence-electron chi connectivity index (χ0n) is 50.3. The number of unbranched alkanes of at least 4 members (excludes halogenated alkanes) is 42. The Balaban J connectivity index is 4.28. The van der Waals surface area contributed by atoms with Crippen LogP contribution in [-0.4, -0.2) is 37.2 Å². The molecule has 0 heterocycles. The van der Waals surface area contributed by atoms with Crippen LogP contribution in [0.25, 0.3) is 0 Å². The third-order valence-corrected chi connectivity index (χ3v) is 14.8. The molecule has 0 saturated heterocycles. The fraction of sp³-hybridized carbons (Fsp3) is 0.841. The Labute approximate surface area is 467 Å². The van der Waals surface area contributed by atoms with Crippen molar-refractivity contribution in [3.05, 3.63) is 48.6 Å². The molecule has 75 heavy (non-hydrogen) atoms. The summed E-state index contributed by atoms with van der Waals surface area (Å²) < 4.78 is 16.9. The number of ether oxygens (including phenoxy) is 3. The first kappa shape index (κ1) is 72.4. The minimum atomic E-state index is -0.778. The van der Waals surface area contributed by atoms with Crippen LogP contribution in [0.15, 0.2) is 48.6 Å². The molecule has 0 fully saturated rings. The van der Waals surface area contributed by atoms with Gasteiger partial charge in [0, 0.05) is 19.3 Å². The Morgan fingerprint density at radius 2 is 0.480 bits per heavy atom. The van der Waals surface area contributed by atoms with E-state index in [2.05, 4.69) is 69.4 Å². The molecule has 6 heteroatoms. The quantitative estimate of drug-likeness (QED) is 0.0261. The van der Waals surface area contributed by atoms with Crippen LogP contribution in [0.4, 0.5) is 0 Å². The van der Waals surface area contributed by atoms with Crippen molar-refractivity contribution < 1.29 is 28.6 Å². The number of esters is 3. The third kappa shape index (κ3) is 62.1. The highest BCUT2D eigenvalue weighted by Gasteiger charge is 2.19. The lowest BCUT2D eigenvalue weighted by atomic mass is 10.0. The lowest BCUT2D eigenvalue weighted by molar-refractivity contribution is -0.167. The van der Waals surface area contributed by atoms with E-state index in [1.807, 2.05) is 0 Å². The molecule has 0 rings (SSSR count). The number of allylic oxidation sites excluding steroid dienone is 8. The summed E-state index contributed by atoms with van der Waals surface area (Å²) >= 11 is 0. The molecular weight excluding hydrogens is 925 g/mol. The topological polar surface area (TPSA) is 78.9 Å². The fourth-order valence-corrected chi connectivity index (χ4v) is 9.80. The predicted molar refractivity (Wildman–Crippen MR) is 325 cm³/mol. The van der Waals surface area contributed by atoms with Gasteiger partial charge in [-0.1, -0.05) is 301 Å². The lowest BCUT2D eigenvalue weighted by Gasteiger charge is -2.18. The lowest BCUT2D eigenvalue weighted by Crippen LogP contribution is -2.30. The molecule has 1 unspecified atom stereocenters. The van der Waals surface area contributed by atoms with Crippen LogP contribution in [0.3, 0.4) is 0 Å². The number of hydrogen-bond donors (Lipinski definition) is 0. The maximum Gasteiger partial charge on any atom is 0.306 e. The second-order valence-electron chi connectivity index (χ2n) is 22.4. The second kappa shape index (κ2) is 63.9. The SMILES string of the molecule is CCCCC/C=C\CCCCCCCC(=O)OCC(COC(=O)CCCCCCCCCC/C=C\C/C=C\C/C=C\CCCCCCC)OC(=O)CCCCCCCCCCCCCCCCCCCCCCCC. The zero-order valence-corrected chi connectivity index (χ0v) is 50.3. The molecule has 6 nitrogen and oxygen atoms in total. The molecule has 0 aliphatic heterocycles. The van der Waals surface area contributed by atoms with Gasteiger partial charge < -0.3 is 14.2 Å². The highest BCUT2D eigenvalue weighted by Crippen LogP contribution is 2.18. The summed E-state index contributed by atoms with van der Waals surface area (Å²) in [5.74, 6) is -0.870. The van der Waals surface area contributed by atoms with E-state index in [0.717, 1.165) is 83.5 Å². The van der Waals surface area contributed by atoms with E-state index < -0.39 is 6.10 Å². The van der Waals surface area contributed by atoms with E-state index in [4.69, 9.17) is 14.2 Å². The fourth-order valence-electron chi connectivity index (χ4n) is 9.80. The number of rotatable bonds is 61. The van der Waals surface area contributed by atoms with Crippen LogP contribution >= 0.6 is 0 Å². The molecule has 1 atom stereocenters. The van der Waals surface area contributed by atoms with Crippen molar-refractivity contribution >= 4 is 17.9 Å². The smallest absolute Gasteiger partial charge is 0.306 e. The van der Waals surface area contributed by atoms with E-state index in [1.54, 1.807) is 0 Å². The molecule has 0 radical (unpaired) electrons. The Morgan fingerprint density at radius 1 is 0.267 bits per heavy atom. The normalized spacial score (nSPS) is 12.3. The van der Waals surface area contributed by atoms with Crippen molar-refractivity contribution in [2.75, 3.05) is 13.2 Å². The average molecular weight is 1050 g/mol. The monoisotopic (exact) mass is 1050 g/mol. The number of carbonyl (C=O) groups is 3. The van der Waals surface area contributed by atoms with Gasteiger partial charge in [0.25, 0.3) is 0 Å². The van der Waals surface area contributed by atoms with E-state index >= 15 is 0 Å². The Morgan fingerprint density at radius 3 is 0.787 bits per heavy atom. The van der Waals surface area contributed by atoms with E-state index in [9.17, 15) is 14.4 Å². The maximum absolute atomic E-state index is 12.9. The highest BCUT2D eigenvalue weighted by molar-refractivity contribution is 5.71. The summed E-state index contributed by atoms with van der Waals surface area (Å²) in [4.78, 5) is 38.3. The van der Waals surface area contributed by atoms with Gasteiger partial charge in [0.1, 0.15) is 13.2 Å². The molecular formula is C69H126O6. The van der Waals surface area contributed by atoms with Crippen molar-refractivity contribution in [2.45, 2.75) is 361 Å². The molecule has 0 amide bonds. The first-order chi connectivity index (χ1) is 37.0. The van der Waals surface area contributed by atoms with Crippen LogP contribution in [0, 0.1) is 0 Å². The van der Waals surface area contributed by atoms with Crippen LogP contribution in [0.2, 0.25) is 0 Å². The predicted octanol–water partition coefficient (Wildman–Crippen LogP) is 22.6. The molecule has 438 valence electrons. The molecule has 0 N–H and O–H groups in total. The average Bonchev–Trinajstić information content (AvgIpc) is 3.41. The Bertz CT molecular complexity index is 1300. The van der Waals surface area contributed by atoms with Gasteiger partial charge in [-0.3, -0.25) is 14.4 Å². The Hall–Kier alpha value is -2.63. The molecule has 0 aliphatic rings. The molecule has 0 aromatic heterocycles. The van der Waals surface area contributed by atoms with Gasteiger partial charge in [-0.2, -0.15) is 0 Å². The summed E-state index contributed by atoms with van der Waals surface area (Å²) in [6, 6.07) is 0. The van der Waals surface area contributed by atoms with Gasteiger partial charge in [-0.25, -0.2) is 0 Å². The van der Waals surface area contributed by atoms with Gasteiger partial charge in [0.2, 0.25) is 0 Å². The molecule has 0 saturated carbocycles. The summed E-state index contributed by atoms with van der Waals surface area (Å²) in [5.41, 5.74) is 0. The highest BCUT2D eigenvalue weighted by atomic mass is 16.6. The van der Waals surface area contributed by atoms with Gasteiger partial charge in [-0.05, 0) is 83.5 Å². The zero-order chi connectivity index (χ0) is 54.3. The molecule has 0 spiro atoms. The van der Waals surface area contributed by atoms with E-state index in [1.165, 1.54) is 231 Å². The van der Waals surface area contributed by atoms with Crippen molar-refractivity contribution in [3.63, 3.8) is 0 Å². The van der Waals surface area contributed by atoms with E-state index in [-0.39, 0.29) is 31.1 Å². The van der Waals surface area contributed by atoms with Crippen LogP contribution < -0.4 is 0 Å². The first-order valence-electron chi connectivity index (χ1n) is 33.1. The van der Waals surface area contributed by atoms with Crippen LogP contribution in [-0.2, 0) is 28.6 Å². The van der Waals surface area contributed by atoms with Crippen molar-refractivity contribution in [2.24, 2.45) is 0 Å². The van der Waals surface area contributed by atoms with E-state index in [0.29, 0.717) is 19.3 Å². The van der Waals surface area contributed by atoms with Crippen LogP contribution in [0.1, 0.15) is 355 Å². The minimum absolute atomic E-state index is 0.0763. The molecule has 0 bridgehead atoms. The molecule has 0 aliphatic carbocycles. The standard InChI is InChI=1S/C69H126O6/c1-4-7-10-13-16-19-22-25-27-29-31-33-35-37-38-40-42-44-47-50-53-56-59-62-68(71)74-65-66(64-73-67(70)61-58-55-52-49-46-24-21-18-15-12-9-6-3)75-69(72)63-60-57-54-51-48-45-43-41-39-36-34-32-30-28-26-23-20-17-14-11-8-5-2/h18,21-22,25,29,31,35,37,66H,4-17,19-20,23-24,26-28,30,32-34,36,38-65H2,1-3H3/b21-18-,25-22-,31-29-,37-35-. The summed E-state index contributed by atoms with van der Waals surface area (Å²) in [7, 11) is 0. The van der Waals surface area contributed by atoms with Gasteiger partial charge in [0.05, 0.1) is 0 Å². The van der Waals surface area contributed by atoms with Crippen molar-refractivity contribution in [1.29, 1.82) is 0 Å². The van der Waals surface area contributed by atoms with Gasteiger partial charge >= 0.3 is 17.9 Å².